The number of urea groups is 1. The molecule has 2 aromatic heterocycles. The summed E-state index contributed by atoms with van der Waals surface area (Å²) in [5.74, 6) is 0.710. The largest absolute Gasteiger partial charge is 0.352 e. The van der Waals surface area contributed by atoms with Crippen molar-refractivity contribution >= 4 is 41.5 Å². The highest BCUT2D eigenvalue weighted by atomic mass is 16.2. The van der Waals surface area contributed by atoms with Gasteiger partial charge in [0.25, 0.3) is 5.91 Å². The lowest BCUT2D eigenvalue weighted by molar-refractivity contribution is -0.123. The number of hydrogen-bond acceptors (Lipinski definition) is 9. The van der Waals surface area contributed by atoms with Gasteiger partial charge < -0.3 is 21.3 Å². The monoisotopic (exact) mass is 522 g/mol. The van der Waals surface area contributed by atoms with Crippen molar-refractivity contribution in [3.63, 3.8) is 0 Å². The van der Waals surface area contributed by atoms with Crippen molar-refractivity contribution in [2.24, 2.45) is 0 Å². The van der Waals surface area contributed by atoms with Gasteiger partial charge in [-0.25, -0.2) is 4.79 Å². The molecule has 4 amide bonds. The topological polar surface area (TPSA) is 158 Å². The van der Waals surface area contributed by atoms with E-state index in [4.69, 9.17) is 9.97 Å². The maximum Gasteiger partial charge on any atom is 0.326 e. The van der Waals surface area contributed by atoms with Crippen molar-refractivity contribution in [2.45, 2.75) is 75.9 Å². The van der Waals surface area contributed by atoms with E-state index in [1.54, 1.807) is 16.8 Å². The zero-order valence-electron chi connectivity index (χ0n) is 21.3. The number of amides is 4. The molecule has 2 aliphatic carbocycles. The highest BCUT2D eigenvalue weighted by molar-refractivity contribution is 6.14. The number of nitrogens with one attached hydrogen (secondary N) is 5. The fourth-order valence-electron chi connectivity index (χ4n) is 5.36. The molecule has 13 heteroatoms. The lowest BCUT2D eigenvalue weighted by Crippen LogP contribution is -2.45. The van der Waals surface area contributed by atoms with Crippen molar-refractivity contribution in [3.05, 3.63) is 17.5 Å². The van der Waals surface area contributed by atoms with Gasteiger partial charge in [-0.2, -0.15) is 19.6 Å². The number of hydrogen-bond donors (Lipinski definition) is 5. The summed E-state index contributed by atoms with van der Waals surface area (Å²) in [6.45, 7) is 2.53. The average Bonchev–Trinajstić information content (AvgIpc) is 3.54. The smallest absolute Gasteiger partial charge is 0.326 e. The maximum atomic E-state index is 12.5. The summed E-state index contributed by atoms with van der Waals surface area (Å²) in [6.07, 6.45) is 12.5. The Bertz CT molecular complexity index is 1260. The van der Waals surface area contributed by atoms with Crippen LogP contribution in [0.15, 0.2) is 11.9 Å². The van der Waals surface area contributed by atoms with Crippen molar-refractivity contribution in [3.8, 4) is 0 Å². The number of likely N-dealkylation sites (tertiary alicyclic amines) is 1. The third-order valence-electron chi connectivity index (χ3n) is 7.57. The minimum absolute atomic E-state index is 0.127. The number of fused-ring (bicyclic) bond motifs is 1. The van der Waals surface area contributed by atoms with Gasteiger partial charge in [0.1, 0.15) is 5.70 Å². The first-order valence-corrected chi connectivity index (χ1v) is 13.6. The Balaban J connectivity index is 1.11. The molecule has 4 aliphatic rings. The third kappa shape index (κ3) is 5.72. The number of carbonyl (C=O) groups is 3. The van der Waals surface area contributed by atoms with E-state index in [1.807, 2.05) is 0 Å². The van der Waals surface area contributed by atoms with E-state index in [0.717, 1.165) is 51.6 Å². The summed E-state index contributed by atoms with van der Waals surface area (Å²) in [4.78, 5) is 47.7. The molecule has 0 spiro atoms. The number of imide groups is 1. The first-order valence-electron chi connectivity index (χ1n) is 13.6. The van der Waals surface area contributed by atoms with E-state index in [1.165, 1.54) is 19.3 Å². The molecule has 4 fully saturated rings. The van der Waals surface area contributed by atoms with E-state index in [9.17, 15) is 14.4 Å². The number of anilines is 2. The van der Waals surface area contributed by atoms with Crippen molar-refractivity contribution in [2.75, 3.05) is 30.3 Å². The van der Waals surface area contributed by atoms with Gasteiger partial charge in [-0.3, -0.25) is 19.8 Å². The molecule has 0 bridgehead atoms. The summed E-state index contributed by atoms with van der Waals surface area (Å²) >= 11 is 0. The second kappa shape index (κ2) is 10.6. The lowest BCUT2D eigenvalue weighted by Gasteiger charge is -2.31. The minimum Gasteiger partial charge on any atom is -0.352 e. The van der Waals surface area contributed by atoms with Gasteiger partial charge in [0.05, 0.1) is 12.7 Å². The van der Waals surface area contributed by atoms with Crippen LogP contribution in [0, 0.1) is 0 Å². The van der Waals surface area contributed by atoms with Gasteiger partial charge >= 0.3 is 6.03 Å². The second-order valence-electron chi connectivity index (χ2n) is 10.7. The van der Waals surface area contributed by atoms with Gasteiger partial charge in [0.15, 0.2) is 5.65 Å². The van der Waals surface area contributed by atoms with Gasteiger partial charge in [-0.1, -0.05) is 6.42 Å². The molecule has 2 saturated heterocycles. The molecule has 2 saturated carbocycles. The van der Waals surface area contributed by atoms with Crippen LogP contribution in [0.5, 0.6) is 0 Å². The van der Waals surface area contributed by atoms with Gasteiger partial charge in [-0.05, 0) is 70.5 Å². The van der Waals surface area contributed by atoms with Crippen LogP contribution in [0.1, 0.15) is 63.4 Å². The highest BCUT2D eigenvalue weighted by Crippen LogP contribution is 2.27. The molecule has 0 atom stereocenters. The van der Waals surface area contributed by atoms with E-state index in [2.05, 4.69) is 36.6 Å². The fraction of sp³-hybridized carbons (Fsp3) is 0.600. The van der Waals surface area contributed by atoms with E-state index >= 15 is 0 Å². The lowest BCUT2D eigenvalue weighted by atomic mass is 9.91. The predicted molar refractivity (Wildman–Crippen MR) is 140 cm³/mol. The molecule has 0 radical (unpaired) electrons. The third-order valence-corrected chi connectivity index (χ3v) is 7.57. The zero-order chi connectivity index (χ0) is 26.1. The van der Waals surface area contributed by atoms with Gasteiger partial charge in [0, 0.05) is 23.7 Å². The van der Waals surface area contributed by atoms with E-state index < -0.39 is 11.9 Å². The molecule has 4 heterocycles. The van der Waals surface area contributed by atoms with Crippen LogP contribution in [0.4, 0.5) is 16.7 Å². The SMILES string of the molecule is O=C1NC(=O)/C(=C/c2cnn3c(NC4CC4)nc(N[C@H]4CC[C@H](NC(=O)CN5CCCCC5)CC4)nc23)N1. The summed E-state index contributed by atoms with van der Waals surface area (Å²) in [5.41, 5.74) is 1.28. The Morgan fingerprint density at radius 3 is 2.37 bits per heavy atom. The quantitative estimate of drug-likeness (QED) is 0.254. The highest BCUT2D eigenvalue weighted by Gasteiger charge is 2.28. The van der Waals surface area contributed by atoms with Crippen molar-refractivity contribution < 1.29 is 14.4 Å². The van der Waals surface area contributed by atoms with Crippen LogP contribution in [-0.2, 0) is 9.59 Å². The molecule has 202 valence electrons. The van der Waals surface area contributed by atoms with E-state index in [0.29, 0.717) is 35.7 Å². The normalized spacial score (nSPS) is 25.3. The minimum atomic E-state index is -0.552. The summed E-state index contributed by atoms with van der Waals surface area (Å²) in [7, 11) is 0. The van der Waals surface area contributed by atoms with Crippen LogP contribution in [0.2, 0.25) is 0 Å². The molecule has 13 nitrogen and oxygen atoms in total. The Morgan fingerprint density at radius 1 is 0.947 bits per heavy atom. The molecular formula is C25H34N10O3. The van der Waals surface area contributed by atoms with Gasteiger partial charge in [-0.15, -0.1) is 0 Å². The average molecular weight is 523 g/mol. The predicted octanol–water partition coefficient (Wildman–Crippen LogP) is 1.20. The number of rotatable bonds is 8. The van der Waals surface area contributed by atoms with Crippen LogP contribution in [0.25, 0.3) is 11.7 Å². The number of nitrogens with zero attached hydrogens (tertiary/aromatic N) is 5. The van der Waals surface area contributed by atoms with Crippen molar-refractivity contribution in [1.29, 1.82) is 0 Å². The van der Waals surface area contributed by atoms with Crippen LogP contribution in [0.3, 0.4) is 0 Å². The fourth-order valence-corrected chi connectivity index (χ4v) is 5.36. The van der Waals surface area contributed by atoms with Crippen LogP contribution >= 0.6 is 0 Å². The molecule has 2 aliphatic heterocycles. The Labute approximate surface area is 220 Å². The molecular weight excluding hydrogens is 488 g/mol. The summed E-state index contributed by atoms with van der Waals surface area (Å²) in [5, 5.41) is 19.2. The Morgan fingerprint density at radius 2 is 1.66 bits per heavy atom. The standard InChI is InChI=1S/C25H34N10O3/c36-20(14-34-10-2-1-3-11-34)27-16-4-6-17(7-5-16)28-23-31-21-15(12-19-22(37)32-25(38)30-19)13-26-35(21)24(33-23)29-18-8-9-18/h12-13,16-18H,1-11,14H2,(H,27,36)(H2,28,29,31,33)(H2,30,32,37,38)/b19-12-/t16-,17-. The molecule has 6 rings (SSSR count). The molecule has 0 aromatic carbocycles. The maximum absolute atomic E-state index is 12.5. The molecule has 5 N–H and O–H groups in total. The summed E-state index contributed by atoms with van der Waals surface area (Å²) in [6, 6.07) is 0.188. The number of piperidine rings is 1. The van der Waals surface area contributed by atoms with Crippen molar-refractivity contribution in [1.82, 2.24) is 40.4 Å². The number of carbonyl (C=O) groups excluding carboxylic acids is 3. The first kappa shape index (κ1) is 24.6. The Hall–Kier alpha value is -3.74. The number of aromatic nitrogens is 4. The van der Waals surface area contributed by atoms with Crippen LogP contribution < -0.4 is 26.6 Å². The first-order chi connectivity index (χ1) is 18.5. The van der Waals surface area contributed by atoms with Gasteiger partial charge in [0.2, 0.25) is 17.8 Å². The van der Waals surface area contributed by atoms with E-state index in [-0.39, 0.29) is 23.7 Å². The Kier molecular flexibility index (Phi) is 6.83. The molecule has 0 unspecified atom stereocenters. The van der Waals surface area contributed by atoms with Crippen LogP contribution in [-0.4, -0.2) is 80.1 Å². The molecule has 38 heavy (non-hydrogen) atoms. The zero-order valence-corrected chi connectivity index (χ0v) is 21.3. The second-order valence-corrected chi connectivity index (χ2v) is 10.7. The molecule has 2 aromatic rings. The summed E-state index contributed by atoms with van der Waals surface area (Å²) < 4.78 is 1.62.